The molecular weight excluding hydrogens is 248 g/mol. The van der Waals surface area contributed by atoms with Gasteiger partial charge in [0.1, 0.15) is 0 Å². The number of carboxylic acids is 1. The fourth-order valence-corrected chi connectivity index (χ4v) is 2.93. The van der Waals surface area contributed by atoms with E-state index in [1.54, 1.807) is 0 Å². The maximum absolute atomic E-state index is 11.9. The van der Waals surface area contributed by atoms with Gasteiger partial charge in [-0.15, -0.1) is 0 Å². The van der Waals surface area contributed by atoms with E-state index in [1.165, 1.54) is 16.8 Å². The highest BCUT2D eigenvalue weighted by atomic mass is 16.5. The molecule has 6 nitrogen and oxygen atoms in total. The first kappa shape index (κ1) is 12.3. The van der Waals surface area contributed by atoms with Gasteiger partial charge < -0.3 is 9.84 Å². The quantitative estimate of drug-likeness (QED) is 0.868. The molecule has 1 aromatic rings. The molecular formula is C13H16N2O4. The summed E-state index contributed by atoms with van der Waals surface area (Å²) in [7, 11) is 0. The average molecular weight is 264 g/mol. The van der Waals surface area contributed by atoms with Gasteiger partial charge in [-0.25, -0.2) is 9.48 Å². The third kappa shape index (κ3) is 2.16. The van der Waals surface area contributed by atoms with Gasteiger partial charge in [-0.3, -0.25) is 4.79 Å². The van der Waals surface area contributed by atoms with E-state index in [0.717, 1.165) is 25.7 Å². The summed E-state index contributed by atoms with van der Waals surface area (Å²) in [4.78, 5) is 22.8. The van der Waals surface area contributed by atoms with Gasteiger partial charge in [0, 0.05) is 12.7 Å². The van der Waals surface area contributed by atoms with Crippen molar-refractivity contribution in [1.82, 2.24) is 9.78 Å². The van der Waals surface area contributed by atoms with Crippen LogP contribution in [0.1, 0.15) is 48.6 Å². The van der Waals surface area contributed by atoms with Gasteiger partial charge in [0.25, 0.3) is 5.56 Å². The second kappa shape index (κ2) is 4.45. The SMILES string of the molecule is O=C(O)c1ccc(=O)n(C2CCOC3(CCC3)C2)n1. The fraction of sp³-hybridized carbons (Fsp3) is 0.615. The Hall–Kier alpha value is -1.69. The maximum Gasteiger partial charge on any atom is 0.356 e. The molecule has 1 N–H and O–H groups in total. The van der Waals surface area contributed by atoms with Gasteiger partial charge in [0.15, 0.2) is 5.69 Å². The van der Waals surface area contributed by atoms with Gasteiger partial charge >= 0.3 is 5.97 Å². The van der Waals surface area contributed by atoms with Gasteiger partial charge in [0.05, 0.1) is 11.6 Å². The maximum atomic E-state index is 11.9. The van der Waals surface area contributed by atoms with Crippen molar-refractivity contribution in [1.29, 1.82) is 0 Å². The van der Waals surface area contributed by atoms with Gasteiger partial charge in [-0.1, -0.05) is 0 Å². The molecule has 1 atom stereocenters. The minimum Gasteiger partial charge on any atom is -0.476 e. The van der Waals surface area contributed by atoms with Crippen molar-refractivity contribution >= 4 is 5.97 Å². The normalized spacial score (nSPS) is 24.9. The van der Waals surface area contributed by atoms with Gasteiger partial charge in [0.2, 0.25) is 0 Å². The third-order valence-corrected chi connectivity index (χ3v) is 4.12. The molecule has 0 bridgehead atoms. The number of ether oxygens (including phenoxy) is 1. The van der Waals surface area contributed by atoms with E-state index in [1.807, 2.05) is 0 Å². The zero-order valence-electron chi connectivity index (χ0n) is 10.5. The molecule has 0 amide bonds. The second-order valence-corrected chi connectivity index (χ2v) is 5.34. The summed E-state index contributed by atoms with van der Waals surface area (Å²) in [5.41, 5.74) is -0.427. The van der Waals surface area contributed by atoms with Crippen LogP contribution in [0.2, 0.25) is 0 Å². The van der Waals surface area contributed by atoms with Crippen molar-refractivity contribution < 1.29 is 14.6 Å². The monoisotopic (exact) mass is 264 g/mol. The molecule has 1 spiro atoms. The van der Waals surface area contributed by atoms with Crippen LogP contribution in [0.25, 0.3) is 0 Å². The Labute approximate surface area is 110 Å². The van der Waals surface area contributed by atoms with Crippen molar-refractivity contribution in [3.63, 3.8) is 0 Å². The van der Waals surface area contributed by atoms with Crippen LogP contribution >= 0.6 is 0 Å². The van der Waals surface area contributed by atoms with Crippen molar-refractivity contribution in [2.24, 2.45) is 0 Å². The summed E-state index contributed by atoms with van der Waals surface area (Å²) >= 11 is 0. The molecule has 0 radical (unpaired) electrons. The van der Waals surface area contributed by atoms with Gasteiger partial charge in [-0.05, 0) is 38.2 Å². The Morgan fingerprint density at radius 1 is 1.47 bits per heavy atom. The van der Waals surface area contributed by atoms with Crippen LogP contribution in [0, 0.1) is 0 Å². The van der Waals surface area contributed by atoms with E-state index in [2.05, 4.69) is 5.10 Å². The lowest BCUT2D eigenvalue weighted by atomic mass is 9.74. The molecule has 1 aromatic heterocycles. The van der Waals surface area contributed by atoms with Crippen LogP contribution in [0.15, 0.2) is 16.9 Å². The minimum absolute atomic E-state index is 0.0548. The molecule has 1 aliphatic carbocycles. The summed E-state index contributed by atoms with van der Waals surface area (Å²) in [5.74, 6) is -1.11. The van der Waals surface area contributed by atoms with Crippen molar-refractivity contribution in [3.05, 3.63) is 28.2 Å². The predicted octanol–water partition coefficient (Wildman–Crippen LogP) is 1.22. The number of rotatable bonds is 2. The summed E-state index contributed by atoms with van der Waals surface area (Å²) in [6, 6.07) is 2.47. The number of hydrogen-bond acceptors (Lipinski definition) is 4. The predicted molar refractivity (Wildman–Crippen MR) is 66.3 cm³/mol. The molecule has 3 rings (SSSR count). The lowest BCUT2D eigenvalue weighted by molar-refractivity contribution is -0.142. The zero-order valence-corrected chi connectivity index (χ0v) is 10.5. The Kier molecular flexibility index (Phi) is 2.89. The second-order valence-electron chi connectivity index (χ2n) is 5.34. The number of hydrogen-bond donors (Lipinski definition) is 1. The first-order valence-corrected chi connectivity index (χ1v) is 6.57. The minimum atomic E-state index is -1.11. The molecule has 2 aliphatic rings. The Balaban J connectivity index is 1.90. The topological polar surface area (TPSA) is 81.4 Å². The molecule has 6 heteroatoms. The van der Waals surface area contributed by atoms with Crippen LogP contribution in [0.4, 0.5) is 0 Å². The molecule has 1 saturated heterocycles. The van der Waals surface area contributed by atoms with Crippen LogP contribution in [-0.2, 0) is 4.74 Å². The fourth-order valence-electron chi connectivity index (χ4n) is 2.93. The van der Waals surface area contributed by atoms with Crippen molar-refractivity contribution in [2.45, 2.75) is 43.7 Å². The lowest BCUT2D eigenvalue weighted by Gasteiger charge is -2.47. The highest BCUT2D eigenvalue weighted by Crippen LogP contribution is 2.45. The van der Waals surface area contributed by atoms with E-state index in [-0.39, 0.29) is 22.9 Å². The molecule has 2 heterocycles. The summed E-state index contributed by atoms with van der Waals surface area (Å²) in [5, 5.41) is 12.9. The number of aromatic carboxylic acids is 1. The van der Waals surface area contributed by atoms with E-state index in [0.29, 0.717) is 13.0 Å². The van der Waals surface area contributed by atoms with Crippen LogP contribution in [0.5, 0.6) is 0 Å². The molecule has 0 aromatic carbocycles. The first-order chi connectivity index (χ1) is 9.10. The summed E-state index contributed by atoms with van der Waals surface area (Å²) < 4.78 is 7.14. The Morgan fingerprint density at radius 3 is 2.89 bits per heavy atom. The third-order valence-electron chi connectivity index (χ3n) is 4.12. The van der Waals surface area contributed by atoms with Gasteiger partial charge in [-0.2, -0.15) is 5.10 Å². The van der Waals surface area contributed by atoms with E-state index >= 15 is 0 Å². The number of carboxylic acid groups (broad SMARTS) is 1. The van der Waals surface area contributed by atoms with E-state index in [4.69, 9.17) is 9.84 Å². The Bertz CT molecular complexity index is 562. The first-order valence-electron chi connectivity index (χ1n) is 6.57. The lowest BCUT2D eigenvalue weighted by Crippen LogP contribution is -2.47. The standard InChI is InChI=1S/C13H16N2O4/c16-11-3-2-10(12(17)18)14-15(11)9-4-7-19-13(8-9)5-1-6-13/h2-3,9H,1,4-8H2,(H,17,18). The highest BCUT2D eigenvalue weighted by Gasteiger charge is 2.43. The highest BCUT2D eigenvalue weighted by molar-refractivity contribution is 5.84. The summed E-state index contributed by atoms with van der Waals surface area (Å²) in [6.07, 6.45) is 4.67. The smallest absolute Gasteiger partial charge is 0.356 e. The molecule has 102 valence electrons. The summed E-state index contributed by atoms with van der Waals surface area (Å²) in [6.45, 7) is 0.607. The average Bonchev–Trinajstić information content (AvgIpc) is 2.37. The zero-order chi connectivity index (χ0) is 13.5. The molecule has 1 unspecified atom stereocenters. The number of carbonyl (C=O) groups is 1. The number of aromatic nitrogens is 2. The Morgan fingerprint density at radius 2 is 2.26 bits per heavy atom. The molecule has 1 saturated carbocycles. The largest absolute Gasteiger partial charge is 0.476 e. The van der Waals surface area contributed by atoms with Crippen LogP contribution < -0.4 is 5.56 Å². The molecule has 19 heavy (non-hydrogen) atoms. The van der Waals surface area contributed by atoms with Crippen molar-refractivity contribution in [3.8, 4) is 0 Å². The van der Waals surface area contributed by atoms with E-state index < -0.39 is 5.97 Å². The molecule has 1 aliphatic heterocycles. The molecule has 2 fully saturated rings. The van der Waals surface area contributed by atoms with E-state index in [9.17, 15) is 9.59 Å². The van der Waals surface area contributed by atoms with Crippen LogP contribution in [0.3, 0.4) is 0 Å². The van der Waals surface area contributed by atoms with Crippen LogP contribution in [-0.4, -0.2) is 33.1 Å². The number of nitrogens with zero attached hydrogens (tertiary/aromatic N) is 2. The van der Waals surface area contributed by atoms with Crippen molar-refractivity contribution in [2.75, 3.05) is 6.61 Å².